The van der Waals surface area contributed by atoms with Crippen LogP contribution in [0.2, 0.25) is 5.02 Å². The molecule has 2 aromatic heterocycles. The quantitative estimate of drug-likeness (QED) is 0.420. The maximum atomic E-state index is 12.4. The number of para-hydroxylation sites is 1. The molecule has 1 fully saturated rings. The van der Waals surface area contributed by atoms with Crippen LogP contribution < -0.4 is 5.32 Å². The predicted molar refractivity (Wildman–Crippen MR) is 116 cm³/mol. The van der Waals surface area contributed by atoms with Gasteiger partial charge in [0.1, 0.15) is 5.82 Å². The molecular weight excluding hydrogens is 422 g/mol. The van der Waals surface area contributed by atoms with Crippen LogP contribution in [-0.4, -0.2) is 48.5 Å². The average Bonchev–Trinajstić information content (AvgIpc) is 3.51. The van der Waals surface area contributed by atoms with E-state index in [0.29, 0.717) is 23.3 Å². The Morgan fingerprint density at radius 2 is 2.03 bits per heavy atom. The van der Waals surface area contributed by atoms with Crippen LogP contribution >= 0.6 is 23.4 Å². The molecule has 158 valence electrons. The van der Waals surface area contributed by atoms with Crippen molar-refractivity contribution in [3.63, 3.8) is 0 Å². The van der Waals surface area contributed by atoms with Gasteiger partial charge in [0.05, 0.1) is 16.9 Å². The number of nitrogens with one attached hydrogen (secondary N) is 1. The highest BCUT2D eigenvalue weighted by molar-refractivity contribution is 7.98. The van der Waals surface area contributed by atoms with Crippen molar-refractivity contribution in [3.05, 3.63) is 47.0 Å². The minimum absolute atomic E-state index is 0.254. The SMILES string of the molecule is CSc1nnc(CCCNC(=O)c2cn(-c3ccccc3Cl)nn2)n1C1CCCC1. The minimum Gasteiger partial charge on any atom is -0.351 e. The number of benzene rings is 1. The van der Waals surface area contributed by atoms with Crippen LogP contribution in [0.5, 0.6) is 0 Å². The first kappa shape index (κ1) is 20.9. The minimum atomic E-state index is -0.254. The third-order valence-electron chi connectivity index (χ3n) is 5.30. The zero-order valence-electron chi connectivity index (χ0n) is 16.8. The largest absolute Gasteiger partial charge is 0.351 e. The molecule has 1 aliphatic carbocycles. The Morgan fingerprint density at radius 1 is 1.23 bits per heavy atom. The van der Waals surface area contributed by atoms with Crippen molar-refractivity contribution < 1.29 is 4.79 Å². The Labute approximate surface area is 184 Å². The number of hydrogen-bond donors (Lipinski definition) is 1. The summed E-state index contributed by atoms with van der Waals surface area (Å²) in [7, 11) is 0. The highest BCUT2D eigenvalue weighted by Crippen LogP contribution is 2.33. The van der Waals surface area contributed by atoms with Crippen LogP contribution in [0, 0.1) is 0 Å². The molecule has 0 atom stereocenters. The van der Waals surface area contributed by atoms with Crippen LogP contribution in [0.15, 0.2) is 35.6 Å². The van der Waals surface area contributed by atoms with Crippen molar-refractivity contribution in [2.24, 2.45) is 0 Å². The highest BCUT2D eigenvalue weighted by atomic mass is 35.5. The Bertz CT molecular complexity index is 1010. The van der Waals surface area contributed by atoms with E-state index in [1.165, 1.54) is 30.4 Å². The highest BCUT2D eigenvalue weighted by Gasteiger charge is 2.23. The average molecular weight is 446 g/mol. The fourth-order valence-electron chi connectivity index (χ4n) is 3.81. The van der Waals surface area contributed by atoms with Crippen LogP contribution in [0.25, 0.3) is 5.69 Å². The van der Waals surface area contributed by atoms with E-state index in [1.54, 1.807) is 24.0 Å². The maximum Gasteiger partial charge on any atom is 0.273 e. The third kappa shape index (κ3) is 4.52. The smallest absolute Gasteiger partial charge is 0.273 e. The Morgan fingerprint density at radius 3 is 2.80 bits per heavy atom. The van der Waals surface area contributed by atoms with Crippen molar-refractivity contribution in [3.8, 4) is 5.69 Å². The molecule has 1 saturated carbocycles. The summed E-state index contributed by atoms with van der Waals surface area (Å²) in [6.45, 7) is 0.532. The first-order valence-corrected chi connectivity index (χ1v) is 11.7. The Kier molecular flexibility index (Phi) is 6.69. The Balaban J connectivity index is 1.32. The summed E-state index contributed by atoms with van der Waals surface area (Å²) in [6, 6.07) is 7.79. The number of carbonyl (C=O) groups excluding carboxylic acids is 1. The van der Waals surface area contributed by atoms with E-state index in [1.807, 2.05) is 24.5 Å². The summed E-state index contributed by atoms with van der Waals surface area (Å²) in [4.78, 5) is 12.4. The number of hydrogen-bond acceptors (Lipinski definition) is 6. The van der Waals surface area contributed by atoms with Crippen molar-refractivity contribution in [1.29, 1.82) is 0 Å². The fourth-order valence-corrected chi connectivity index (χ4v) is 4.60. The topological polar surface area (TPSA) is 90.5 Å². The molecule has 0 unspecified atom stereocenters. The molecule has 30 heavy (non-hydrogen) atoms. The van der Waals surface area contributed by atoms with E-state index in [4.69, 9.17) is 11.6 Å². The van der Waals surface area contributed by atoms with E-state index in [-0.39, 0.29) is 11.6 Å². The second-order valence-corrected chi connectivity index (χ2v) is 8.45. The third-order valence-corrected chi connectivity index (χ3v) is 6.26. The molecule has 1 amide bonds. The van der Waals surface area contributed by atoms with Gasteiger partial charge in [0.25, 0.3) is 5.91 Å². The molecule has 0 bridgehead atoms. The lowest BCUT2D eigenvalue weighted by Gasteiger charge is -2.16. The number of thioether (sulfide) groups is 1. The normalized spacial score (nSPS) is 14.3. The molecule has 1 N–H and O–H groups in total. The van der Waals surface area contributed by atoms with Gasteiger partial charge in [-0.3, -0.25) is 4.79 Å². The zero-order chi connectivity index (χ0) is 20.9. The van der Waals surface area contributed by atoms with E-state index in [9.17, 15) is 4.79 Å². The van der Waals surface area contributed by atoms with Gasteiger partial charge >= 0.3 is 0 Å². The molecule has 10 heteroatoms. The summed E-state index contributed by atoms with van der Waals surface area (Å²) >= 11 is 7.82. The van der Waals surface area contributed by atoms with Crippen molar-refractivity contribution in [1.82, 2.24) is 35.1 Å². The van der Waals surface area contributed by atoms with E-state index < -0.39 is 0 Å². The van der Waals surface area contributed by atoms with E-state index in [0.717, 1.165) is 23.8 Å². The molecule has 8 nitrogen and oxygen atoms in total. The molecule has 0 spiro atoms. The van der Waals surface area contributed by atoms with Gasteiger partial charge in [-0.15, -0.1) is 15.3 Å². The van der Waals surface area contributed by atoms with Gasteiger partial charge in [0.2, 0.25) is 0 Å². The van der Waals surface area contributed by atoms with Gasteiger partial charge < -0.3 is 9.88 Å². The molecule has 2 heterocycles. The van der Waals surface area contributed by atoms with Gasteiger partial charge in [-0.2, -0.15) is 0 Å². The predicted octanol–water partition coefficient (Wildman–Crippen LogP) is 3.71. The zero-order valence-corrected chi connectivity index (χ0v) is 18.4. The molecule has 0 saturated heterocycles. The van der Waals surface area contributed by atoms with E-state index >= 15 is 0 Å². The number of aryl methyl sites for hydroxylation is 1. The monoisotopic (exact) mass is 445 g/mol. The lowest BCUT2D eigenvalue weighted by molar-refractivity contribution is 0.0948. The number of nitrogens with zero attached hydrogens (tertiary/aromatic N) is 6. The van der Waals surface area contributed by atoms with Crippen LogP contribution in [-0.2, 0) is 6.42 Å². The number of halogens is 1. The first-order valence-electron chi connectivity index (χ1n) is 10.1. The second-order valence-electron chi connectivity index (χ2n) is 7.27. The van der Waals surface area contributed by atoms with Crippen LogP contribution in [0.4, 0.5) is 0 Å². The molecule has 4 rings (SSSR count). The summed E-state index contributed by atoms with van der Waals surface area (Å²) in [6.07, 6.45) is 10.1. The lowest BCUT2D eigenvalue weighted by Crippen LogP contribution is -2.25. The summed E-state index contributed by atoms with van der Waals surface area (Å²) < 4.78 is 3.81. The summed E-state index contributed by atoms with van der Waals surface area (Å²) in [5, 5.41) is 21.1. The summed E-state index contributed by atoms with van der Waals surface area (Å²) in [5.74, 6) is 0.750. The fraction of sp³-hybridized carbons (Fsp3) is 0.450. The van der Waals surface area contributed by atoms with Gasteiger partial charge in [-0.05, 0) is 37.7 Å². The van der Waals surface area contributed by atoms with Crippen molar-refractivity contribution in [2.75, 3.05) is 12.8 Å². The van der Waals surface area contributed by atoms with Crippen LogP contribution in [0.3, 0.4) is 0 Å². The van der Waals surface area contributed by atoms with Gasteiger partial charge in [0.15, 0.2) is 10.9 Å². The van der Waals surface area contributed by atoms with Gasteiger partial charge in [0, 0.05) is 19.0 Å². The number of carbonyl (C=O) groups is 1. The van der Waals surface area contributed by atoms with E-state index in [2.05, 4.69) is 30.4 Å². The van der Waals surface area contributed by atoms with Crippen LogP contribution in [0.1, 0.15) is 54.5 Å². The number of rotatable bonds is 8. The maximum absolute atomic E-state index is 12.4. The molecule has 0 aliphatic heterocycles. The Hall–Kier alpha value is -2.39. The molecular formula is C20H24ClN7OS. The number of aromatic nitrogens is 6. The van der Waals surface area contributed by atoms with Crippen molar-refractivity contribution >= 4 is 29.3 Å². The van der Waals surface area contributed by atoms with Gasteiger partial charge in [-0.25, -0.2) is 4.68 Å². The van der Waals surface area contributed by atoms with Gasteiger partial charge in [-0.1, -0.05) is 53.6 Å². The molecule has 0 radical (unpaired) electrons. The lowest BCUT2D eigenvalue weighted by atomic mass is 10.2. The first-order chi connectivity index (χ1) is 14.7. The van der Waals surface area contributed by atoms with Crippen molar-refractivity contribution in [2.45, 2.75) is 49.7 Å². The second kappa shape index (κ2) is 9.61. The molecule has 1 aliphatic rings. The standard InChI is InChI=1S/C20H24ClN7OS/c1-30-20-25-24-18(28(20)14-7-2-3-8-14)11-6-12-22-19(29)16-13-27(26-23-16)17-10-5-4-9-15(17)21/h4-5,9-10,13-14H,2-3,6-8,11-12H2,1H3,(H,22,29). The number of amides is 1. The summed E-state index contributed by atoms with van der Waals surface area (Å²) in [5.41, 5.74) is 0.940. The molecule has 1 aromatic carbocycles. The molecule has 3 aromatic rings.